The third-order valence-electron chi connectivity index (χ3n) is 4.14. The standard InChI is InChI=1S/C19H22N4OS/c1-4-23(5-2)17(24)11-14-6-8-15(9-7-14)22-18-16-10-13(3)25-19(16)21-12-20-18/h6-10,12H,4-5,11H2,1-3H3,(H,20,21,22). The van der Waals surface area contributed by atoms with Crippen LogP contribution in [0.4, 0.5) is 11.5 Å². The van der Waals surface area contributed by atoms with E-state index in [0.29, 0.717) is 6.42 Å². The average Bonchev–Trinajstić information content (AvgIpc) is 2.99. The summed E-state index contributed by atoms with van der Waals surface area (Å²) in [6, 6.07) is 10.0. The number of hydrogen-bond acceptors (Lipinski definition) is 5. The Morgan fingerprint density at radius 2 is 1.88 bits per heavy atom. The molecule has 1 aromatic carbocycles. The molecule has 0 saturated carbocycles. The zero-order valence-electron chi connectivity index (χ0n) is 14.7. The number of aryl methyl sites for hydroxylation is 1. The molecule has 0 radical (unpaired) electrons. The molecule has 25 heavy (non-hydrogen) atoms. The Balaban J connectivity index is 1.73. The molecule has 130 valence electrons. The summed E-state index contributed by atoms with van der Waals surface area (Å²) in [5, 5.41) is 4.38. The second-order valence-corrected chi connectivity index (χ2v) is 7.10. The summed E-state index contributed by atoms with van der Waals surface area (Å²) in [5.74, 6) is 0.971. The van der Waals surface area contributed by atoms with Gasteiger partial charge in [0, 0.05) is 23.7 Å². The monoisotopic (exact) mass is 354 g/mol. The third-order valence-corrected chi connectivity index (χ3v) is 5.10. The quantitative estimate of drug-likeness (QED) is 0.722. The van der Waals surface area contributed by atoms with E-state index in [1.54, 1.807) is 17.7 Å². The number of anilines is 2. The van der Waals surface area contributed by atoms with Crippen LogP contribution in [-0.4, -0.2) is 33.9 Å². The summed E-state index contributed by atoms with van der Waals surface area (Å²) in [5.41, 5.74) is 1.96. The van der Waals surface area contributed by atoms with Crippen molar-refractivity contribution in [3.63, 3.8) is 0 Å². The van der Waals surface area contributed by atoms with Gasteiger partial charge in [0.25, 0.3) is 0 Å². The van der Waals surface area contributed by atoms with Gasteiger partial charge in [0.05, 0.1) is 11.8 Å². The zero-order valence-corrected chi connectivity index (χ0v) is 15.6. The van der Waals surface area contributed by atoms with Gasteiger partial charge in [0.2, 0.25) is 5.91 Å². The van der Waals surface area contributed by atoms with Gasteiger partial charge in [-0.05, 0) is 44.5 Å². The van der Waals surface area contributed by atoms with Gasteiger partial charge < -0.3 is 10.2 Å². The molecule has 0 bridgehead atoms. The SMILES string of the molecule is CCN(CC)C(=O)Cc1ccc(Nc2ncnc3sc(C)cc23)cc1. The number of likely N-dealkylation sites (N-methyl/N-ethyl adjacent to an activating group) is 1. The first-order valence-electron chi connectivity index (χ1n) is 8.45. The van der Waals surface area contributed by atoms with Gasteiger partial charge in [0.1, 0.15) is 17.0 Å². The molecule has 2 heterocycles. The van der Waals surface area contributed by atoms with Crippen molar-refractivity contribution in [3.05, 3.63) is 47.1 Å². The Morgan fingerprint density at radius 1 is 1.16 bits per heavy atom. The molecular weight excluding hydrogens is 332 g/mol. The van der Waals surface area contributed by atoms with Crippen LogP contribution in [0.5, 0.6) is 0 Å². The Bertz CT molecular complexity index is 869. The fourth-order valence-corrected chi connectivity index (χ4v) is 3.63. The van der Waals surface area contributed by atoms with Gasteiger partial charge in [-0.15, -0.1) is 11.3 Å². The minimum atomic E-state index is 0.164. The maximum absolute atomic E-state index is 12.2. The van der Waals surface area contributed by atoms with Crippen LogP contribution in [0, 0.1) is 6.92 Å². The topological polar surface area (TPSA) is 58.1 Å². The van der Waals surface area contributed by atoms with E-state index < -0.39 is 0 Å². The largest absolute Gasteiger partial charge is 0.343 e. The number of nitrogens with zero attached hydrogens (tertiary/aromatic N) is 3. The van der Waals surface area contributed by atoms with Gasteiger partial charge in [-0.2, -0.15) is 0 Å². The predicted octanol–water partition coefficient (Wildman–Crippen LogP) is 4.15. The Hall–Kier alpha value is -2.47. The second-order valence-electron chi connectivity index (χ2n) is 5.86. The number of carbonyl (C=O) groups is 1. The number of hydrogen-bond donors (Lipinski definition) is 1. The van der Waals surface area contributed by atoms with Gasteiger partial charge in [-0.1, -0.05) is 12.1 Å². The van der Waals surface area contributed by atoms with E-state index in [9.17, 15) is 4.79 Å². The maximum atomic E-state index is 12.2. The Labute approximate surface area is 151 Å². The van der Waals surface area contributed by atoms with Crippen LogP contribution in [0.2, 0.25) is 0 Å². The lowest BCUT2D eigenvalue weighted by molar-refractivity contribution is -0.130. The molecule has 1 N–H and O–H groups in total. The van der Waals surface area contributed by atoms with Gasteiger partial charge in [-0.25, -0.2) is 9.97 Å². The first kappa shape index (κ1) is 17.4. The minimum absolute atomic E-state index is 0.164. The summed E-state index contributed by atoms with van der Waals surface area (Å²) in [6.07, 6.45) is 2.02. The Morgan fingerprint density at radius 3 is 2.56 bits per heavy atom. The van der Waals surface area contributed by atoms with Crippen LogP contribution in [0.3, 0.4) is 0 Å². The summed E-state index contributed by atoms with van der Waals surface area (Å²) < 4.78 is 0. The molecule has 3 aromatic rings. The lowest BCUT2D eigenvalue weighted by Crippen LogP contribution is -2.31. The third kappa shape index (κ3) is 3.96. The molecule has 0 spiro atoms. The number of amides is 1. The minimum Gasteiger partial charge on any atom is -0.343 e. The molecule has 0 aliphatic carbocycles. The fraction of sp³-hybridized carbons (Fsp3) is 0.316. The highest BCUT2D eigenvalue weighted by molar-refractivity contribution is 7.18. The van der Waals surface area contributed by atoms with Crippen molar-refractivity contribution < 1.29 is 4.79 Å². The molecule has 2 aromatic heterocycles. The van der Waals surface area contributed by atoms with Crippen molar-refractivity contribution in [3.8, 4) is 0 Å². The highest BCUT2D eigenvalue weighted by Crippen LogP contribution is 2.29. The van der Waals surface area contributed by atoms with Crippen LogP contribution in [-0.2, 0) is 11.2 Å². The van der Waals surface area contributed by atoms with Crippen LogP contribution in [0.15, 0.2) is 36.7 Å². The smallest absolute Gasteiger partial charge is 0.226 e. The van der Waals surface area contributed by atoms with Crippen LogP contribution in [0.25, 0.3) is 10.2 Å². The first-order valence-corrected chi connectivity index (χ1v) is 9.27. The van der Waals surface area contributed by atoms with Crippen LogP contribution < -0.4 is 5.32 Å². The summed E-state index contributed by atoms with van der Waals surface area (Å²) in [4.78, 5) is 24.9. The van der Waals surface area contributed by atoms with Crippen LogP contribution in [0.1, 0.15) is 24.3 Å². The zero-order chi connectivity index (χ0) is 17.8. The number of rotatable bonds is 6. The lowest BCUT2D eigenvalue weighted by atomic mass is 10.1. The van der Waals surface area contributed by atoms with E-state index in [4.69, 9.17) is 0 Å². The van der Waals surface area contributed by atoms with E-state index >= 15 is 0 Å². The summed E-state index contributed by atoms with van der Waals surface area (Å²) in [7, 11) is 0. The molecule has 0 aliphatic heterocycles. The molecular formula is C19H22N4OS. The second kappa shape index (κ2) is 7.61. The van der Waals surface area contributed by atoms with Gasteiger partial charge >= 0.3 is 0 Å². The van der Waals surface area contributed by atoms with E-state index in [-0.39, 0.29) is 5.91 Å². The molecule has 0 unspecified atom stereocenters. The molecule has 1 amide bonds. The van der Waals surface area contributed by atoms with E-state index in [2.05, 4.69) is 28.3 Å². The number of nitrogens with one attached hydrogen (secondary N) is 1. The number of carbonyl (C=O) groups excluding carboxylic acids is 1. The van der Waals surface area contributed by atoms with Crippen molar-refractivity contribution in [1.82, 2.24) is 14.9 Å². The lowest BCUT2D eigenvalue weighted by Gasteiger charge is -2.18. The highest BCUT2D eigenvalue weighted by atomic mass is 32.1. The predicted molar refractivity (Wildman–Crippen MR) is 104 cm³/mol. The van der Waals surface area contributed by atoms with E-state index in [1.807, 2.05) is 43.0 Å². The van der Waals surface area contributed by atoms with Crippen molar-refractivity contribution in [2.75, 3.05) is 18.4 Å². The molecule has 3 rings (SSSR count). The molecule has 5 nitrogen and oxygen atoms in total. The van der Waals surface area contributed by atoms with Crippen molar-refractivity contribution in [1.29, 1.82) is 0 Å². The normalized spacial score (nSPS) is 10.8. The van der Waals surface area contributed by atoms with E-state index in [0.717, 1.165) is 40.4 Å². The van der Waals surface area contributed by atoms with E-state index in [1.165, 1.54) is 4.88 Å². The molecule has 0 aliphatic rings. The molecule has 6 heteroatoms. The van der Waals surface area contributed by atoms with Crippen LogP contribution >= 0.6 is 11.3 Å². The maximum Gasteiger partial charge on any atom is 0.226 e. The molecule has 0 fully saturated rings. The van der Waals surface area contributed by atoms with Gasteiger partial charge in [0.15, 0.2) is 0 Å². The summed E-state index contributed by atoms with van der Waals surface area (Å²) in [6.45, 7) is 7.57. The highest BCUT2D eigenvalue weighted by Gasteiger charge is 2.11. The summed E-state index contributed by atoms with van der Waals surface area (Å²) >= 11 is 1.66. The fourth-order valence-electron chi connectivity index (χ4n) is 2.78. The number of aromatic nitrogens is 2. The molecule has 0 atom stereocenters. The average molecular weight is 354 g/mol. The number of fused-ring (bicyclic) bond motifs is 1. The number of benzene rings is 1. The van der Waals surface area contributed by atoms with Crippen molar-refractivity contribution in [2.45, 2.75) is 27.2 Å². The number of thiophene rings is 1. The van der Waals surface area contributed by atoms with Crippen molar-refractivity contribution >= 4 is 39.0 Å². The Kier molecular flexibility index (Phi) is 5.28. The van der Waals surface area contributed by atoms with Crippen molar-refractivity contribution in [2.24, 2.45) is 0 Å². The van der Waals surface area contributed by atoms with Gasteiger partial charge in [-0.3, -0.25) is 4.79 Å². The molecule has 0 saturated heterocycles. The first-order chi connectivity index (χ1) is 12.1.